The molecule has 1 aromatic carbocycles. The maximum absolute atomic E-state index is 5.98. The number of nitrogens with one attached hydrogen (secondary N) is 1. The van der Waals surface area contributed by atoms with Crippen LogP contribution < -0.4 is 5.32 Å². The Labute approximate surface area is 144 Å². The lowest BCUT2D eigenvalue weighted by Gasteiger charge is -2.13. The van der Waals surface area contributed by atoms with E-state index in [4.69, 9.17) is 21.6 Å². The molecule has 1 N–H and O–H groups in total. The average Bonchev–Trinajstić information content (AvgIpc) is 2.95. The molecule has 0 saturated carbocycles. The summed E-state index contributed by atoms with van der Waals surface area (Å²) in [6, 6.07) is 7.76. The normalized spacial score (nSPS) is 14.0. The summed E-state index contributed by atoms with van der Waals surface area (Å²) in [7, 11) is 0. The summed E-state index contributed by atoms with van der Waals surface area (Å²) >= 11 is 7.83. The predicted octanol–water partition coefficient (Wildman–Crippen LogP) is 5.53. The SMILES string of the molecule is CCc1nc(Nc2ccc(Cl)cc2)c2c3c(sc2n1)CCCC3. The molecule has 0 aliphatic heterocycles. The number of halogens is 1. The van der Waals surface area contributed by atoms with E-state index >= 15 is 0 Å². The fourth-order valence-corrected chi connectivity index (χ4v) is 4.53. The van der Waals surface area contributed by atoms with Gasteiger partial charge in [-0.2, -0.15) is 0 Å². The van der Waals surface area contributed by atoms with Crippen LogP contribution in [0.15, 0.2) is 24.3 Å². The Kier molecular flexibility index (Phi) is 3.95. The minimum atomic E-state index is 0.741. The van der Waals surface area contributed by atoms with Gasteiger partial charge in [-0.3, -0.25) is 0 Å². The number of anilines is 2. The van der Waals surface area contributed by atoms with Crippen LogP contribution in [-0.4, -0.2) is 9.97 Å². The molecule has 0 spiro atoms. The summed E-state index contributed by atoms with van der Waals surface area (Å²) in [6.45, 7) is 2.10. The third kappa shape index (κ3) is 2.81. The summed E-state index contributed by atoms with van der Waals surface area (Å²) in [5.74, 6) is 1.83. The summed E-state index contributed by atoms with van der Waals surface area (Å²) in [5, 5.41) is 5.44. The van der Waals surface area contributed by atoms with Gasteiger partial charge in [-0.05, 0) is 55.5 Å². The zero-order chi connectivity index (χ0) is 15.8. The number of rotatable bonds is 3. The van der Waals surface area contributed by atoms with E-state index in [1.807, 2.05) is 35.6 Å². The first-order valence-electron chi connectivity index (χ1n) is 8.08. The highest BCUT2D eigenvalue weighted by Crippen LogP contribution is 2.39. The van der Waals surface area contributed by atoms with E-state index in [-0.39, 0.29) is 0 Å². The Balaban J connectivity index is 1.85. The molecule has 1 aliphatic carbocycles. The first-order valence-corrected chi connectivity index (χ1v) is 9.28. The second-order valence-electron chi connectivity index (χ2n) is 5.86. The molecular formula is C18H18ClN3S. The van der Waals surface area contributed by atoms with Gasteiger partial charge in [0.05, 0.1) is 5.39 Å². The highest BCUT2D eigenvalue weighted by atomic mass is 35.5. The molecule has 0 atom stereocenters. The lowest BCUT2D eigenvalue weighted by Crippen LogP contribution is -2.03. The number of thiophene rings is 1. The Morgan fingerprint density at radius 3 is 2.70 bits per heavy atom. The molecule has 118 valence electrons. The number of nitrogens with zero attached hydrogens (tertiary/aromatic N) is 2. The van der Waals surface area contributed by atoms with Crippen LogP contribution in [0.1, 0.15) is 36.0 Å². The van der Waals surface area contributed by atoms with E-state index in [2.05, 4.69) is 12.2 Å². The topological polar surface area (TPSA) is 37.8 Å². The van der Waals surface area contributed by atoms with Crippen LogP contribution in [0.3, 0.4) is 0 Å². The smallest absolute Gasteiger partial charge is 0.143 e. The molecule has 0 saturated heterocycles. The molecule has 23 heavy (non-hydrogen) atoms. The summed E-state index contributed by atoms with van der Waals surface area (Å²) in [6.07, 6.45) is 5.70. The molecule has 0 bridgehead atoms. The number of hydrogen-bond acceptors (Lipinski definition) is 4. The van der Waals surface area contributed by atoms with E-state index in [0.717, 1.165) is 40.0 Å². The summed E-state index contributed by atoms with van der Waals surface area (Å²) in [4.78, 5) is 12.1. The van der Waals surface area contributed by atoms with E-state index in [0.29, 0.717) is 0 Å². The second-order valence-corrected chi connectivity index (χ2v) is 7.38. The van der Waals surface area contributed by atoms with Crippen LogP contribution in [0, 0.1) is 0 Å². The maximum Gasteiger partial charge on any atom is 0.143 e. The number of fused-ring (bicyclic) bond motifs is 3. The van der Waals surface area contributed by atoms with Gasteiger partial charge in [0.15, 0.2) is 0 Å². The zero-order valence-electron chi connectivity index (χ0n) is 13.0. The zero-order valence-corrected chi connectivity index (χ0v) is 14.6. The maximum atomic E-state index is 5.98. The largest absolute Gasteiger partial charge is 0.340 e. The van der Waals surface area contributed by atoms with Gasteiger partial charge in [-0.1, -0.05) is 18.5 Å². The van der Waals surface area contributed by atoms with Crippen LogP contribution in [0.2, 0.25) is 5.02 Å². The first kappa shape index (κ1) is 14.9. The molecule has 3 nitrogen and oxygen atoms in total. The summed E-state index contributed by atoms with van der Waals surface area (Å²) < 4.78 is 0. The van der Waals surface area contributed by atoms with Crippen molar-refractivity contribution in [1.82, 2.24) is 9.97 Å². The first-order chi connectivity index (χ1) is 11.2. The molecule has 5 heteroatoms. The highest BCUT2D eigenvalue weighted by Gasteiger charge is 2.21. The molecular weight excluding hydrogens is 326 g/mol. The second kappa shape index (κ2) is 6.10. The summed E-state index contributed by atoms with van der Waals surface area (Å²) in [5.41, 5.74) is 2.46. The van der Waals surface area contributed by atoms with Crippen LogP contribution in [0.25, 0.3) is 10.2 Å². The molecule has 4 rings (SSSR count). The van der Waals surface area contributed by atoms with Crippen molar-refractivity contribution >= 4 is 44.7 Å². The fourth-order valence-electron chi connectivity index (χ4n) is 3.12. The van der Waals surface area contributed by atoms with Crippen LogP contribution in [0.5, 0.6) is 0 Å². The quantitative estimate of drug-likeness (QED) is 0.679. The van der Waals surface area contributed by atoms with E-state index < -0.39 is 0 Å². The lowest BCUT2D eigenvalue weighted by molar-refractivity contribution is 0.700. The van der Waals surface area contributed by atoms with Gasteiger partial charge in [-0.15, -0.1) is 11.3 Å². The van der Waals surface area contributed by atoms with Gasteiger partial charge in [0.2, 0.25) is 0 Å². The lowest BCUT2D eigenvalue weighted by atomic mass is 9.97. The van der Waals surface area contributed by atoms with E-state index in [9.17, 15) is 0 Å². The minimum absolute atomic E-state index is 0.741. The molecule has 0 unspecified atom stereocenters. The van der Waals surface area contributed by atoms with Crippen molar-refractivity contribution in [3.05, 3.63) is 45.6 Å². The number of aromatic nitrogens is 2. The van der Waals surface area contributed by atoms with Gasteiger partial charge in [-0.25, -0.2) is 9.97 Å². The van der Waals surface area contributed by atoms with Crippen molar-refractivity contribution in [2.24, 2.45) is 0 Å². The molecule has 0 fully saturated rings. The third-order valence-corrected chi connectivity index (χ3v) is 5.72. The molecule has 2 aromatic heterocycles. The Morgan fingerprint density at radius 1 is 1.13 bits per heavy atom. The van der Waals surface area contributed by atoms with Crippen molar-refractivity contribution in [3.8, 4) is 0 Å². The Morgan fingerprint density at radius 2 is 1.91 bits per heavy atom. The van der Waals surface area contributed by atoms with Crippen molar-refractivity contribution in [1.29, 1.82) is 0 Å². The van der Waals surface area contributed by atoms with Crippen molar-refractivity contribution in [2.75, 3.05) is 5.32 Å². The van der Waals surface area contributed by atoms with E-state index in [1.165, 1.54) is 35.1 Å². The van der Waals surface area contributed by atoms with E-state index in [1.54, 1.807) is 0 Å². The van der Waals surface area contributed by atoms with Crippen LogP contribution >= 0.6 is 22.9 Å². The van der Waals surface area contributed by atoms with Gasteiger partial charge < -0.3 is 5.32 Å². The average molecular weight is 344 g/mol. The molecule has 0 radical (unpaired) electrons. The van der Waals surface area contributed by atoms with Crippen molar-refractivity contribution in [3.63, 3.8) is 0 Å². The Bertz CT molecular complexity index is 855. The number of aryl methyl sites for hydroxylation is 3. The highest BCUT2D eigenvalue weighted by molar-refractivity contribution is 7.19. The minimum Gasteiger partial charge on any atom is -0.340 e. The van der Waals surface area contributed by atoms with Gasteiger partial charge in [0.1, 0.15) is 16.5 Å². The third-order valence-electron chi connectivity index (χ3n) is 4.28. The fraction of sp³-hybridized carbons (Fsp3) is 0.333. The van der Waals surface area contributed by atoms with Crippen LogP contribution in [-0.2, 0) is 19.3 Å². The standard InChI is InChI=1S/C18H18ClN3S/c1-2-15-21-17(20-12-9-7-11(19)8-10-12)16-13-5-3-4-6-14(13)23-18(16)22-15/h7-10H,2-6H2,1H3,(H,20,21,22). The molecule has 2 heterocycles. The monoisotopic (exact) mass is 343 g/mol. The van der Waals surface area contributed by atoms with Crippen LogP contribution in [0.4, 0.5) is 11.5 Å². The Hall–Kier alpha value is -1.65. The van der Waals surface area contributed by atoms with Crippen molar-refractivity contribution < 1.29 is 0 Å². The predicted molar refractivity (Wildman–Crippen MR) is 98.2 cm³/mol. The molecule has 3 aromatic rings. The number of hydrogen-bond donors (Lipinski definition) is 1. The van der Waals surface area contributed by atoms with Gasteiger partial charge in [0, 0.05) is 22.0 Å². The van der Waals surface area contributed by atoms with Gasteiger partial charge in [0.25, 0.3) is 0 Å². The number of benzene rings is 1. The van der Waals surface area contributed by atoms with Gasteiger partial charge >= 0.3 is 0 Å². The molecule has 1 aliphatic rings. The van der Waals surface area contributed by atoms with Crippen molar-refractivity contribution in [2.45, 2.75) is 39.0 Å². The molecule has 0 amide bonds.